The van der Waals surface area contributed by atoms with Crippen molar-refractivity contribution >= 4 is 12.0 Å². The van der Waals surface area contributed by atoms with Gasteiger partial charge in [0.25, 0.3) is 0 Å². The maximum Gasteiger partial charge on any atom is 0.407 e. The Hall–Kier alpha value is -4.04. The molecule has 52 heavy (non-hydrogen) atoms. The highest BCUT2D eigenvalue weighted by Gasteiger charge is 2.36. The first-order valence-corrected chi connectivity index (χ1v) is 18.2. The van der Waals surface area contributed by atoms with Crippen LogP contribution in [0.25, 0.3) is 0 Å². The number of amides is 2. The van der Waals surface area contributed by atoms with Gasteiger partial charge in [-0.15, -0.1) is 0 Å². The molecule has 12 nitrogen and oxygen atoms in total. The van der Waals surface area contributed by atoms with Gasteiger partial charge in [0.15, 0.2) is 6.10 Å². The zero-order chi connectivity index (χ0) is 36.3. The van der Waals surface area contributed by atoms with Gasteiger partial charge in [-0.3, -0.25) is 9.69 Å². The number of morpholine rings is 1. The van der Waals surface area contributed by atoms with E-state index < -0.39 is 42.4 Å². The van der Waals surface area contributed by atoms with Crippen LogP contribution < -0.4 is 15.4 Å². The number of methoxy groups -OCH3 is 1. The first-order chi connectivity index (χ1) is 25.4. The number of aliphatic hydroxyl groups is 2. The lowest BCUT2D eigenvalue weighted by Gasteiger charge is -2.29. The maximum atomic E-state index is 14.1. The van der Waals surface area contributed by atoms with Crippen LogP contribution in [0.4, 0.5) is 4.79 Å². The van der Waals surface area contributed by atoms with E-state index >= 15 is 0 Å². The average Bonchev–Trinajstić information content (AvgIpc) is 3.75. The van der Waals surface area contributed by atoms with Crippen LogP contribution in [-0.4, -0.2) is 117 Å². The molecule has 1 aliphatic carbocycles. The molecule has 2 fully saturated rings. The van der Waals surface area contributed by atoms with Crippen molar-refractivity contribution in [2.24, 2.45) is 5.92 Å². The summed E-state index contributed by atoms with van der Waals surface area (Å²) in [5.74, 6) is -0.254. The van der Waals surface area contributed by atoms with Crippen molar-refractivity contribution in [1.82, 2.24) is 15.5 Å². The number of hydrogen-bond acceptors (Lipinski definition) is 10. The third-order valence-corrected chi connectivity index (χ3v) is 10.2. The highest BCUT2D eigenvalue weighted by molar-refractivity contribution is 5.80. The Morgan fingerprint density at radius 3 is 2.38 bits per heavy atom. The quantitative estimate of drug-likeness (QED) is 0.175. The van der Waals surface area contributed by atoms with E-state index in [0.717, 1.165) is 60.9 Å². The molecule has 0 bridgehead atoms. The first kappa shape index (κ1) is 37.7. The van der Waals surface area contributed by atoms with Crippen LogP contribution in [-0.2, 0) is 43.0 Å². The van der Waals surface area contributed by atoms with E-state index in [2.05, 4.69) is 15.5 Å². The van der Waals surface area contributed by atoms with E-state index in [1.165, 1.54) is 7.11 Å². The molecule has 3 aromatic carbocycles. The average molecular weight is 718 g/mol. The summed E-state index contributed by atoms with van der Waals surface area (Å²) in [5.41, 5.74) is 3.67. The summed E-state index contributed by atoms with van der Waals surface area (Å²) in [6.07, 6.45) is -2.43. The van der Waals surface area contributed by atoms with E-state index in [0.29, 0.717) is 32.5 Å². The molecule has 3 aromatic rings. The maximum absolute atomic E-state index is 14.1. The van der Waals surface area contributed by atoms with Crippen LogP contribution in [0.5, 0.6) is 5.75 Å². The lowest BCUT2D eigenvalue weighted by Crippen LogP contribution is -2.49. The minimum absolute atomic E-state index is 0.0408. The second kappa shape index (κ2) is 18.6. The SMILES string of the molecule is CO[C@H]1COC[C@H]1OC(=O)N[C@@H](Cc1ccccc1)[C@@H](O)C[C@@H](Cc1ccc(OCCN2CCOCC2)cc1)C(=O)N[C@H]1c2ccccc2C[C@H]1O. The molecule has 3 aliphatic rings. The lowest BCUT2D eigenvalue weighted by atomic mass is 9.88. The van der Waals surface area contributed by atoms with Crippen molar-refractivity contribution in [1.29, 1.82) is 0 Å². The first-order valence-electron chi connectivity index (χ1n) is 18.2. The van der Waals surface area contributed by atoms with E-state index in [1.807, 2.05) is 78.9 Å². The predicted octanol–water partition coefficient (Wildman–Crippen LogP) is 2.83. The number of ether oxygens (including phenoxy) is 5. The van der Waals surface area contributed by atoms with Gasteiger partial charge in [-0.05, 0) is 53.6 Å². The molecule has 4 N–H and O–H groups in total. The zero-order valence-corrected chi connectivity index (χ0v) is 29.7. The molecular weight excluding hydrogens is 666 g/mol. The van der Waals surface area contributed by atoms with Gasteiger partial charge in [0.1, 0.15) is 18.5 Å². The van der Waals surface area contributed by atoms with Gasteiger partial charge in [-0.25, -0.2) is 4.79 Å². The molecule has 12 heteroatoms. The number of nitrogens with one attached hydrogen (secondary N) is 2. The van der Waals surface area contributed by atoms with Gasteiger partial charge in [-0.1, -0.05) is 66.7 Å². The van der Waals surface area contributed by atoms with E-state index in [9.17, 15) is 19.8 Å². The normalized spacial score (nSPS) is 23.3. The summed E-state index contributed by atoms with van der Waals surface area (Å²) in [6.45, 7) is 5.18. The van der Waals surface area contributed by atoms with Crippen LogP contribution in [0.2, 0.25) is 0 Å². The summed E-state index contributed by atoms with van der Waals surface area (Å²) in [5, 5.41) is 28.7. The summed E-state index contributed by atoms with van der Waals surface area (Å²) in [7, 11) is 1.54. The van der Waals surface area contributed by atoms with Gasteiger partial charge in [0.05, 0.1) is 50.7 Å². The summed E-state index contributed by atoms with van der Waals surface area (Å²) in [4.78, 5) is 29.6. The molecule has 2 saturated heterocycles. The molecule has 0 saturated carbocycles. The molecule has 6 rings (SSSR count). The fraction of sp³-hybridized carbons (Fsp3) is 0.500. The number of carbonyl (C=O) groups excluding carboxylic acids is 2. The van der Waals surface area contributed by atoms with Crippen molar-refractivity contribution < 1.29 is 43.5 Å². The van der Waals surface area contributed by atoms with Crippen molar-refractivity contribution in [3.8, 4) is 5.75 Å². The molecule has 280 valence electrons. The monoisotopic (exact) mass is 717 g/mol. The fourth-order valence-corrected chi connectivity index (χ4v) is 7.20. The third kappa shape index (κ3) is 10.3. The van der Waals surface area contributed by atoms with E-state index in [4.69, 9.17) is 23.7 Å². The van der Waals surface area contributed by atoms with Crippen LogP contribution in [0.1, 0.15) is 34.7 Å². The van der Waals surface area contributed by atoms with E-state index in [-0.39, 0.29) is 25.0 Å². The number of benzene rings is 3. The smallest absolute Gasteiger partial charge is 0.407 e. The molecule has 0 radical (unpaired) electrons. The summed E-state index contributed by atoms with van der Waals surface area (Å²) >= 11 is 0. The minimum Gasteiger partial charge on any atom is -0.492 e. The zero-order valence-electron chi connectivity index (χ0n) is 29.7. The van der Waals surface area contributed by atoms with Crippen molar-refractivity contribution in [2.75, 3.05) is 59.8 Å². The largest absolute Gasteiger partial charge is 0.492 e. The number of aliphatic hydroxyl groups excluding tert-OH is 2. The standard InChI is InChI=1S/C40H51N3O9/c1-48-36-25-50-26-37(36)52-40(47)41-33(22-27-7-3-2-4-8-27)34(44)24-30(39(46)42-38-32-10-6-5-9-29(32)23-35(38)45)21-28-11-13-31(14-12-28)51-20-17-43-15-18-49-19-16-43/h2-14,30,33-38,44-45H,15-26H2,1H3,(H,41,47)(H,42,46)/t30-,33+,34+,35-,36+,37-,38+/m1/s1. The van der Waals surface area contributed by atoms with Crippen LogP contribution >= 0.6 is 0 Å². The Labute approximate surface area is 305 Å². The van der Waals surface area contributed by atoms with Crippen LogP contribution in [0.3, 0.4) is 0 Å². The van der Waals surface area contributed by atoms with Crippen LogP contribution in [0, 0.1) is 5.92 Å². The Morgan fingerprint density at radius 1 is 0.904 bits per heavy atom. The number of hydrogen-bond donors (Lipinski definition) is 4. The van der Waals surface area contributed by atoms with Crippen molar-refractivity contribution in [2.45, 2.75) is 62.2 Å². The molecule has 2 amide bonds. The Balaban J connectivity index is 1.16. The van der Waals surface area contributed by atoms with Crippen molar-refractivity contribution in [3.63, 3.8) is 0 Å². The molecule has 0 aromatic heterocycles. The topological polar surface area (TPSA) is 148 Å². The number of alkyl carbamates (subject to hydrolysis) is 1. The summed E-state index contributed by atoms with van der Waals surface area (Å²) in [6, 6.07) is 23.6. The number of carbonyl (C=O) groups is 2. The fourth-order valence-electron chi connectivity index (χ4n) is 7.20. The Kier molecular flexibility index (Phi) is 13.5. The minimum atomic E-state index is -1.12. The third-order valence-electron chi connectivity index (χ3n) is 10.2. The van der Waals surface area contributed by atoms with E-state index in [1.54, 1.807) is 0 Å². The highest BCUT2D eigenvalue weighted by Crippen LogP contribution is 2.32. The Bertz CT molecular complexity index is 1570. The van der Waals surface area contributed by atoms with Crippen molar-refractivity contribution in [3.05, 3.63) is 101 Å². The van der Waals surface area contributed by atoms with Gasteiger partial charge < -0.3 is 44.5 Å². The summed E-state index contributed by atoms with van der Waals surface area (Å²) < 4.78 is 27.9. The van der Waals surface area contributed by atoms with Gasteiger partial charge in [0, 0.05) is 39.1 Å². The molecule has 7 atom stereocenters. The van der Waals surface area contributed by atoms with Gasteiger partial charge in [0.2, 0.25) is 5.91 Å². The number of nitrogens with zero attached hydrogens (tertiary/aromatic N) is 1. The molecule has 0 spiro atoms. The highest BCUT2D eigenvalue weighted by atomic mass is 16.6. The second-order valence-corrected chi connectivity index (χ2v) is 13.8. The number of fused-ring (bicyclic) bond motifs is 1. The predicted molar refractivity (Wildman–Crippen MR) is 193 cm³/mol. The lowest BCUT2D eigenvalue weighted by molar-refractivity contribution is -0.127. The number of rotatable bonds is 16. The van der Waals surface area contributed by atoms with Gasteiger partial charge in [-0.2, -0.15) is 0 Å². The molecule has 2 aliphatic heterocycles. The molecule has 2 heterocycles. The molecule has 0 unspecified atom stereocenters. The van der Waals surface area contributed by atoms with Crippen LogP contribution in [0.15, 0.2) is 78.9 Å². The van der Waals surface area contributed by atoms with Gasteiger partial charge >= 0.3 is 6.09 Å². The second-order valence-electron chi connectivity index (χ2n) is 13.8. The molecular formula is C40H51N3O9. The Morgan fingerprint density at radius 2 is 1.62 bits per heavy atom.